The molecule has 0 aliphatic rings. The van der Waals surface area contributed by atoms with Gasteiger partial charge in [-0.2, -0.15) is 4.73 Å². The minimum absolute atomic E-state index is 0.750. The molecule has 0 fully saturated rings. The first-order valence-electron chi connectivity index (χ1n) is 3.33. The number of aromatic nitrogens is 1. The van der Waals surface area contributed by atoms with Gasteiger partial charge in [0.1, 0.15) is 0 Å². The van der Waals surface area contributed by atoms with E-state index in [1.54, 1.807) is 18.2 Å². The monoisotopic (exact) mass is 219 g/mol. The maximum Gasteiger partial charge on any atom is 0.503 e. The molecule has 0 saturated carbocycles. The van der Waals surface area contributed by atoms with Gasteiger partial charge in [-0.25, -0.2) is 9.59 Å². The second kappa shape index (κ2) is 9.58. The fourth-order valence-corrected chi connectivity index (χ4v) is 0.383. The fraction of sp³-hybridized carbons (Fsp3) is 0. The van der Waals surface area contributed by atoms with Crippen LogP contribution in [-0.2, 0) is 0 Å². The third kappa shape index (κ3) is 34.3. The lowest BCUT2D eigenvalue weighted by Gasteiger charge is -1.88. The predicted octanol–water partition coefficient (Wildman–Crippen LogP) is 0.765. The van der Waals surface area contributed by atoms with Crippen molar-refractivity contribution in [1.82, 2.24) is 0 Å². The first-order chi connectivity index (χ1) is 6.86. The van der Waals surface area contributed by atoms with Gasteiger partial charge in [0.15, 0.2) is 12.4 Å². The van der Waals surface area contributed by atoms with Crippen LogP contribution in [0.3, 0.4) is 0 Å². The summed E-state index contributed by atoms with van der Waals surface area (Å²) in [5, 5.41) is 38.1. The fourth-order valence-electron chi connectivity index (χ4n) is 0.383. The molecular weight excluding hydrogens is 210 g/mol. The molecular formula is C7H9NO7. The van der Waals surface area contributed by atoms with Crippen LogP contribution in [0.1, 0.15) is 0 Å². The summed E-state index contributed by atoms with van der Waals surface area (Å²) in [7, 11) is 0. The number of pyridine rings is 1. The van der Waals surface area contributed by atoms with E-state index in [2.05, 4.69) is 0 Å². The maximum atomic E-state index is 10.2. The molecule has 0 spiro atoms. The highest BCUT2D eigenvalue weighted by Crippen LogP contribution is 1.72. The first kappa shape index (κ1) is 15.0. The number of rotatable bonds is 0. The van der Waals surface area contributed by atoms with Crippen molar-refractivity contribution in [2.75, 3.05) is 0 Å². The van der Waals surface area contributed by atoms with Crippen LogP contribution in [-0.4, -0.2) is 32.7 Å². The summed E-state index contributed by atoms with van der Waals surface area (Å²) in [4.78, 5) is 17.1. The Kier molecular flexibility index (Phi) is 9.57. The minimum atomic E-state index is -1.83. The Morgan fingerprint density at radius 3 is 1.27 bits per heavy atom. The molecule has 0 saturated heterocycles. The van der Waals surface area contributed by atoms with Gasteiger partial charge in [0, 0.05) is 12.1 Å². The van der Waals surface area contributed by atoms with Crippen LogP contribution in [0.15, 0.2) is 30.6 Å². The van der Waals surface area contributed by atoms with Gasteiger partial charge < -0.3 is 25.6 Å². The van der Waals surface area contributed by atoms with Crippen LogP contribution in [0.5, 0.6) is 0 Å². The molecule has 1 heterocycles. The molecule has 0 aliphatic carbocycles. The lowest BCUT2D eigenvalue weighted by atomic mass is 10.5. The second-order valence-electron chi connectivity index (χ2n) is 1.80. The number of carbonyl (C=O) groups is 2. The highest BCUT2D eigenvalue weighted by Gasteiger charge is 1.75. The molecule has 1 aromatic heterocycles. The van der Waals surface area contributed by atoms with Crippen LogP contribution in [0.2, 0.25) is 0 Å². The van der Waals surface area contributed by atoms with Crippen LogP contribution < -0.4 is 4.73 Å². The van der Waals surface area contributed by atoms with Gasteiger partial charge >= 0.3 is 12.3 Å². The third-order valence-corrected chi connectivity index (χ3v) is 0.688. The molecule has 0 aromatic carbocycles. The van der Waals surface area contributed by atoms with Crippen molar-refractivity contribution in [3.8, 4) is 0 Å². The van der Waals surface area contributed by atoms with E-state index in [0.717, 1.165) is 4.73 Å². The lowest BCUT2D eigenvalue weighted by molar-refractivity contribution is -0.605. The summed E-state index contributed by atoms with van der Waals surface area (Å²) in [6.07, 6.45) is -0.778. The molecule has 0 bridgehead atoms. The summed E-state index contributed by atoms with van der Waals surface area (Å²) in [5.74, 6) is 0. The van der Waals surface area contributed by atoms with Gasteiger partial charge in [-0.1, -0.05) is 6.07 Å². The summed E-state index contributed by atoms with van der Waals surface area (Å²) >= 11 is 0. The van der Waals surface area contributed by atoms with Gasteiger partial charge in [-0.05, 0) is 0 Å². The van der Waals surface area contributed by atoms with E-state index in [1.165, 1.54) is 12.4 Å². The normalized spacial score (nSPS) is 7.20. The Morgan fingerprint density at radius 2 is 1.13 bits per heavy atom. The predicted molar refractivity (Wildman–Crippen MR) is 46.7 cm³/mol. The van der Waals surface area contributed by atoms with E-state index in [1.807, 2.05) is 0 Å². The molecule has 0 radical (unpaired) electrons. The van der Waals surface area contributed by atoms with Crippen molar-refractivity contribution in [3.05, 3.63) is 35.8 Å². The van der Waals surface area contributed by atoms with E-state index in [-0.39, 0.29) is 0 Å². The largest absolute Gasteiger partial charge is 0.619 e. The van der Waals surface area contributed by atoms with E-state index in [4.69, 9.17) is 30.0 Å². The standard InChI is InChI=1S/C5H5NO.2CH2O3/c7-6-4-2-1-3-5-6;2*2-1(3)4/h1-5H;2*(H2,2,3,4). The average molecular weight is 219 g/mol. The maximum absolute atomic E-state index is 10.2. The molecule has 15 heavy (non-hydrogen) atoms. The van der Waals surface area contributed by atoms with Gasteiger partial charge in [0.05, 0.1) is 0 Å². The topological polar surface area (TPSA) is 142 Å². The molecule has 4 N–H and O–H groups in total. The van der Waals surface area contributed by atoms with Crippen molar-refractivity contribution in [2.24, 2.45) is 0 Å². The zero-order chi connectivity index (χ0) is 12.3. The van der Waals surface area contributed by atoms with E-state index >= 15 is 0 Å². The molecule has 8 heteroatoms. The first-order valence-corrected chi connectivity index (χ1v) is 3.33. The SMILES string of the molecule is O=C(O)O.O=C(O)O.[O-][n+]1ccccc1. The van der Waals surface area contributed by atoms with Crippen LogP contribution in [0.4, 0.5) is 9.59 Å². The lowest BCUT2D eigenvalue weighted by Crippen LogP contribution is -2.22. The van der Waals surface area contributed by atoms with Crippen molar-refractivity contribution in [3.63, 3.8) is 0 Å². The van der Waals surface area contributed by atoms with E-state index in [0.29, 0.717) is 0 Å². The molecule has 0 atom stereocenters. The number of nitrogens with zero attached hydrogens (tertiary/aromatic N) is 1. The van der Waals surface area contributed by atoms with E-state index < -0.39 is 12.3 Å². The number of carboxylic acid groups (broad SMARTS) is 4. The van der Waals surface area contributed by atoms with Crippen LogP contribution >= 0.6 is 0 Å². The van der Waals surface area contributed by atoms with Gasteiger partial charge in [-0.15, -0.1) is 0 Å². The quantitative estimate of drug-likeness (QED) is 0.372. The molecule has 84 valence electrons. The summed E-state index contributed by atoms with van der Waals surface area (Å²) < 4.78 is 0.750. The summed E-state index contributed by atoms with van der Waals surface area (Å²) in [5.41, 5.74) is 0. The van der Waals surface area contributed by atoms with Crippen molar-refractivity contribution < 1.29 is 34.7 Å². The van der Waals surface area contributed by atoms with E-state index in [9.17, 15) is 5.21 Å². The van der Waals surface area contributed by atoms with Gasteiger partial charge in [0.2, 0.25) is 0 Å². The minimum Gasteiger partial charge on any atom is -0.619 e. The molecule has 0 aliphatic heterocycles. The molecule has 8 nitrogen and oxygen atoms in total. The average Bonchev–Trinajstić information content (AvgIpc) is 2.03. The zero-order valence-corrected chi connectivity index (χ0v) is 7.35. The van der Waals surface area contributed by atoms with Crippen molar-refractivity contribution >= 4 is 12.3 Å². The molecule has 1 rings (SSSR count). The molecule has 1 aromatic rings. The second-order valence-corrected chi connectivity index (χ2v) is 1.80. The van der Waals surface area contributed by atoms with Crippen LogP contribution in [0, 0.1) is 5.21 Å². The Balaban J connectivity index is 0. The number of hydrogen-bond acceptors (Lipinski definition) is 3. The third-order valence-electron chi connectivity index (χ3n) is 0.688. The smallest absolute Gasteiger partial charge is 0.503 e. The Labute approximate surface area is 83.9 Å². The van der Waals surface area contributed by atoms with Crippen molar-refractivity contribution in [2.45, 2.75) is 0 Å². The zero-order valence-electron chi connectivity index (χ0n) is 7.35. The summed E-state index contributed by atoms with van der Waals surface area (Å²) in [6, 6.07) is 5.18. The Hall–Kier alpha value is -2.51. The molecule has 0 unspecified atom stereocenters. The summed E-state index contributed by atoms with van der Waals surface area (Å²) in [6.45, 7) is 0. The van der Waals surface area contributed by atoms with Crippen LogP contribution in [0.25, 0.3) is 0 Å². The highest BCUT2D eigenvalue weighted by molar-refractivity contribution is 5.53. The molecule has 0 amide bonds. The number of hydrogen-bond donors (Lipinski definition) is 4. The Morgan fingerprint density at radius 1 is 0.867 bits per heavy atom. The van der Waals surface area contributed by atoms with Gasteiger partial charge in [-0.3, -0.25) is 0 Å². The Bertz CT molecular complexity index is 267. The van der Waals surface area contributed by atoms with Crippen molar-refractivity contribution in [1.29, 1.82) is 0 Å². The highest BCUT2D eigenvalue weighted by atomic mass is 16.6. The van der Waals surface area contributed by atoms with Gasteiger partial charge in [0.25, 0.3) is 0 Å².